The van der Waals surface area contributed by atoms with Crippen molar-refractivity contribution in [1.29, 1.82) is 0 Å². The molecular weight excluding hydrogens is 403 g/mol. The van der Waals surface area contributed by atoms with E-state index >= 15 is 0 Å². The Kier molecular flexibility index (Phi) is 5.22. The zero-order valence-corrected chi connectivity index (χ0v) is 16.6. The molecule has 0 saturated heterocycles. The molecule has 0 unspecified atom stereocenters. The Hall–Kier alpha value is -2.31. The Balaban J connectivity index is 1.83. The van der Waals surface area contributed by atoms with Crippen molar-refractivity contribution < 1.29 is 0 Å². The topological polar surface area (TPSA) is 0 Å². The van der Waals surface area contributed by atoms with Crippen LogP contribution in [0.1, 0.15) is 11.1 Å². The summed E-state index contributed by atoms with van der Waals surface area (Å²) in [7, 11) is 0. The van der Waals surface area contributed by atoms with Crippen LogP contribution in [0, 0.1) is 0 Å². The van der Waals surface area contributed by atoms with Crippen LogP contribution in [0.2, 0.25) is 5.02 Å². The van der Waals surface area contributed by atoms with Gasteiger partial charge in [-0.15, -0.1) is 0 Å². The second kappa shape index (κ2) is 7.93. The predicted molar refractivity (Wildman–Crippen MR) is 115 cm³/mol. The van der Waals surface area contributed by atoms with E-state index < -0.39 is 0 Å². The van der Waals surface area contributed by atoms with Crippen molar-refractivity contribution in [3.63, 3.8) is 0 Å². The Morgan fingerprint density at radius 1 is 0.615 bits per heavy atom. The molecule has 26 heavy (non-hydrogen) atoms. The third-order valence-electron chi connectivity index (χ3n) is 4.27. The van der Waals surface area contributed by atoms with Crippen LogP contribution >= 0.6 is 11.6 Å². The van der Waals surface area contributed by atoms with Crippen LogP contribution in [0.25, 0.3) is 33.3 Å². The molecule has 0 N–H and O–H groups in total. The third-order valence-corrected chi connectivity index (χ3v) is 6.81. The van der Waals surface area contributed by atoms with E-state index in [-0.39, 0.29) is 0 Å². The van der Waals surface area contributed by atoms with Crippen molar-refractivity contribution >= 4 is 38.3 Å². The van der Waals surface area contributed by atoms with Crippen LogP contribution in [0.5, 0.6) is 0 Å². The molecule has 0 fully saturated rings. The Bertz CT molecular complexity index is 1030. The SMILES string of the molecule is Clc1ccccc1/C=C/c1c[se]c(-c2ccccc2)c1-c1ccccc1. The first kappa shape index (κ1) is 17.1. The summed E-state index contributed by atoms with van der Waals surface area (Å²) in [5, 5.41) is 0.779. The van der Waals surface area contributed by atoms with Crippen LogP contribution in [-0.2, 0) is 0 Å². The normalized spacial score (nSPS) is 11.1. The van der Waals surface area contributed by atoms with Gasteiger partial charge in [0.25, 0.3) is 0 Å². The van der Waals surface area contributed by atoms with Crippen LogP contribution in [0.4, 0.5) is 0 Å². The molecule has 0 aliphatic rings. The molecule has 1 heterocycles. The van der Waals surface area contributed by atoms with Crippen molar-refractivity contribution in [3.8, 4) is 21.1 Å². The van der Waals surface area contributed by atoms with Crippen molar-refractivity contribution in [2.45, 2.75) is 0 Å². The molecule has 1 aromatic heterocycles. The number of hydrogen-bond acceptors (Lipinski definition) is 0. The van der Waals surface area contributed by atoms with Gasteiger partial charge in [-0.3, -0.25) is 0 Å². The summed E-state index contributed by atoms with van der Waals surface area (Å²) in [6.07, 6.45) is 4.31. The van der Waals surface area contributed by atoms with E-state index in [1.807, 2.05) is 24.3 Å². The van der Waals surface area contributed by atoms with Gasteiger partial charge in [-0.2, -0.15) is 0 Å². The first-order valence-corrected chi connectivity index (χ1v) is 10.7. The molecule has 2 heteroatoms. The first-order valence-electron chi connectivity index (χ1n) is 8.48. The van der Waals surface area contributed by atoms with Gasteiger partial charge in [0.1, 0.15) is 0 Å². The Labute approximate surface area is 165 Å². The summed E-state index contributed by atoms with van der Waals surface area (Å²) >= 11 is 6.62. The fourth-order valence-electron chi connectivity index (χ4n) is 2.99. The van der Waals surface area contributed by atoms with Gasteiger partial charge < -0.3 is 0 Å². The average molecular weight is 420 g/mol. The molecule has 0 amide bonds. The summed E-state index contributed by atoms with van der Waals surface area (Å²) < 4.78 is 1.43. The number of rotatable bonds is 4. The summed E-state index contributed by atoms with van der Waals surface area (Å²) in [4.78, 5) is 2.37. The molecule has 0 bridgehead atoms. The van der Waals surface area contributed by atoms with E-state index in [2.05, 4.69) is 77.8 Å². The van der Waals surface area contributed by atoms with E-state index in [4.69, 9.17) is 11.6 Å². The molecule has 0 spiro atoms. The molecule has 0 atom stereocenters. The van der Waals surface area contributed by atoms with E-state index in [9.17, 15) is 0 Å². The number of hydrogen-bond donors (Lipinski definition) is 0. The first-order chi connectivity index (χ1) is 12.8. The van der Waals surface area contributed by atoms with Crippen molar-refractivity contribution in [1.82, 2.24) is 0 Å². The number of halogens is 1. The van der Waals surface area contributed by atoms with E-state index in [0.29, 0.717) is 14.5 Å². The maximum atomic E-state index is 6.31. The van der Waals surface area contributed by atoms with Crippen LogP contribution in [0.3, 0.4) is 0 Å². The molecule has 3 aromatic carbocycles. The van der Waals surface area contributed by atoms with Gasteiger partial charge in [-0.05, 0) is 0 Å². The van der Waals surface area contributed by atoms with Crippen LogP contribution in [-0.4, -0.2) is 14.5 Å². The fraction of sp³-hybridized carbons (Fsp3) is 0. The third kappa shape index (κ3) is 3.61. The Morgan fingerprint density at radius 3 is 1.88 bits per heavy atom. The second-order valence-electron chi connectivity index (χ2n) is 5.98. The summed E-state index contributed by atoms with van der Waals surface area (Å²) in [5.41, 5.74) is 6.22. The van der Waals surface area contributed by atoms with Gasteiger partial charge in [0, 0.05) is 0 Å². The van der Waals surface area contributed by atoms with E-state index in [1.54, 1.807) is 0 Å². The zero-order valence-electron chi connectivity index (χ0n) is 14.1. The molecular formula is C24H17ClSe. The van der Waals surface area contributed by atoms with E-state index in [0.717, 1.165) is 10.6 Å². The van der Waals surface area contributed by atoms with Gasteiger partial charge in [-0.1, -0.05) is 0 Å². The zero-order chi connectivity index (χ0) is 17.8. The van der Waals surface area contributed by atoms with Gasteiger partial charge >= 0.3 is 165 Å². The molecule has 0 radical (unpaired) electrons. The average Bonchev–Trinajstić information content (AvgIpc) is 3.13. The standard InChI is InChI=1S/C24H17ClSe/c25-22-14-8-7-9-18(22)15-16-21-17-26-24(20-12-5-2-6-13-20)23(21)19-10-3-1-4-11-19/h1-17H/b16-15+. The summed E-state index contributed by atoms with van der Waals surface area (Å²) in [5.74, 6) is 0. The van der Waals surface area contributed by atoms with Gasteiger partial charge in [0.15, 0.2) is 0 Å². The van der Waals surface area contributed by atoms with Crippen molar-refractivity contribution in [2.75, 3.05) is 0 Å². The van der Waals surface area contributed by atoms with Crippen LogP contribution in [0.15, 0.2) is 89.9 Å². The van der Waals surface area contributed by atoms with Crippen molar-refractivity contribution in [3.05, 3.63) is 106 Å². The van der Waals surface area contributed by atoms with Crippen LogP contribution < -0.4 is 0 Å². The minimum atomic E-state index is 0.312. The molecule has 0 aliphatic carbocycles. The maximum absolute atomic E-state index is 6.31. The second-order valence-corrected chi connectivity index (χ2v) is 8.23. The Morgan fingerprint density at radius 2 is 1.19 bits per heavy atom. The number of benzene rings is 3. The molecule has 0 aliphatic heterocycles. The molecule has 4 aromatic rings. The summed E-state index contributed by atoms with van der Waals surface area (Å²) in [6, 6.07) is 29.3. The summed E-state index contributed by atoms with van der Waals surface area (Å²) in [6.45, 7) is 0. The fourth-order valence-corrected chi connectivity index (χ4v) is 5.43. The molecule has 0 nitrogen and oxygen atoms in total. The quantitative estimate of drug-likeness (QED) is 0.315. The minimum absolute atomic E-state index is 0.312. The van der Waals surface area contributed by atoms with Gasteiger partial charge in [0.2, 0.25) is 0 Å². The monoisotopic (exact) mass is 420 g/mol. The van der Waals surface area contributed by atoms with Gasteiger partial charge in [-0.25, -0.2) is 0 Å². The van der Waals surface area contributed by atoms with E-state index in [1.165, 1.54) is 26.7 Å². The van der Waals surface area contributed by atoms with Crippen molar-refractivity contribution in [2.24, 2.45) is 0 Å². The molecule has 0 saturated carbocycles. The van der Waals surface area contributed by atoms with Gasteiger partial charge in [0.05, 0.1) is 0 Å². The molecule has 126 valence electrons. The predicted octanol–water partition coefficient (Wildman–Crippen LogP) is 6.90. The molecule has 4 rings (SSSR count).